The van der Waals surface area contributed by atoms with Gasteiger partial charge in [0.25, 0.3) is 15.0 Å². The lowest BCUT2D eigenvalue weighted by atomic mass is 10.0. The van der Waals surface area contributed by atoms with E-state index in [2.05, 4.69) is 5.32 Å². The third-order valence-corrected chi connectivity index (χ3v) is 5.34. The van der Waals surface area contributed by atoms with Gasteiger partial charge in [0.05, 0.1) is 17.2 Å². The summed E-state index contributed by atoms with van der Waals surface area (Å²) in [4.78, 5) is 12.0. The first-order chi connectivity index (χ1) is 9.62. The number of aryl methyl sites for hydroxylation is 1. The lowest BCUT2D eigenvalue weighted by molar-refractivity contribution is 0.0889. The van der Waals surface area contributed by atoms with Crippen molar-refractivity contribution >= 4 is 37.2 Å². The van der Waals surface area contributed by atoms with Crippen LogP contribution in [0, 0.1) is 6.92 Å². The number of benzene rings is 1. The SMILES string of the molecule is Cc1cc(C(=O)NC2(C)CCOC2)cc(S(=O)(=O)Cl)c1Cl. The molecule has 21 heavy (non-hydrogen) atoms. The van der Waals surface area contributed by atoms with Crippen LogP contribution in [0.2, 0.25) is 5.02 Å². The minimum atomic E-state index is -4.02. The summed E-state index contributed by atoms with van der Waals surface area (Å²) in [5.74, 6) is -0.385. The third-order valence-electron chi connectivity index (χ3n) is 3.38. The fourth-order valence-corrected chi connectivity index (χ4v) is 3.70. The molecule has 1 fully saturated rings. The van der Waals surface area contributed by atoms with Crippen molar-refractivity contribution in [2.24, 2.45) is 0 Å². The quantitative estimate of drug-likeness (QED) is 0.849. The highest BCUT2D eigenvalue weighted by Crippen LogP contribution is 2.29. The number of carbonyl (C=O) groups excluding carboxylic acids is 1. The molecule has 0 radical (unpaired) electrons. The summed E-state index contributed by atoms with van der Waals surface area (Å²) >= 11 is 5.94. The normalized spacial score (nSPS) is 22.3. The van der Waals surface area contributed by atoms with Crippen LogP contribution in [-0.2, 0) is 13.8 Å². The highest BCUT2D eigenvalue weighted by molar-refractivity contribution is 8.13. The van der Waals surface area contributed by atoms with Crippen molar-refractivity contribution in [2.45, 2.75) is 30.7 Å². The molecule has 0 saturated carbocycles. The molecule has 1 aromatic rings. The van der Waals surface area contributed by atoms with Crippen molar-refractivity contribution in [2.75, 3.05) is 13.2 Å². The summed E-state index contributed by atoms with van der Waals surface area (Å²) < 4.78 is 28.3. The summed E-state index contributed by atoms with van der Waals surface area (Å²) in [6, 6.07) is 2.72. The van der Waals surface area contributed by atoms with E-state index < -0.39 is 14.6 Å². The molecule has 1 aromatic carbocycles. The number of rotatable bonds is 3. The van der Waals surface area contributed by atoms with Gasteiger partial charge in [0.1, 0.15) is 4.90 Å². The first-order valence-corrected chi connectivity index (χ1v) is 8.96. The largest absolute Gasteiger partial charge is 0.379 e. The predicted molar refractivity (Wildman–Crippen MR) is 80.5 cm³/mol. The number of halogens is 2. The standard InChI is InChI=1S/C13H15Cl2NO4S/c1-8-5-9(6-10(11(8)14)21(15,18)19)12(17)16-13(2)3-4-20-7-13/h5-6H,3-4,7H2,1-2H3,(H,16,17). The van der Waals surface area contributed by atoms with Crippen molar-refractivity contribution in [3.63, 3.8) is 0 Å². The van der Waals surface area contributed by atoms with Gasteiger partial charge in [-0.1, -0.05) is 11.6 Å². The fraction of sp³-hybridized carbons (Fsp3) is 0.462. The summed E-state index contributed by atoms with van der Waals surface area (Å²) in [6.07, 6.45) is 0.700. The van der Waals surface area contributed by atoms with Gasteiger partial charge in [-0.2, -0.15) is 0 Å². The number of amides is 1. The molecule has 0 aromatic heterocycles. The Morgan fingerprint density at radius 2 is 2.10 bits per heavy atom. The minimum Gasteiger partial charge on any atom is -0.379 e. The second kappa shape index (κ2) is 5.76. The van der Waals surface area contributed by atoms with Gasteiger partial charge in [-0.25, -0.2) is 8.42 Å². The second-order valence-corrected chi connectivity index (χ2v) is 8.27. The van der Waals surface area contributed by atoms with Gasteiger partial charge in [-0.15, -0.1) is 0 Å². The number of nitrogens with one attached hydrogen (secondary N) is 1. The molecule has 1 heterocycles. The Morgan fingerprint density at radius 3 is 2.62 bits per heavy atom. The lowest BCUT2D eigenvalue weighted by Crippen LogP contribution is -2.46. The Hall–Kier alpha value is -0.820. The minimum absolute atomic E-state index is 0.0250. The fourth-order valence-electron chi connectivity index (χ4n) is 2.16. The molecule has 8 heteroatoms. The van der Waals surface area contributed by atoms with Gasteiger partial charge >= 0.3 is 0 Å². The van der Waals surface area contributed by atoms with E-state index in [1.165, 1.54) is 12.1 Å². The molecule has 1 saturated heterocycles. The van der Waals surface area contributed by atoms with Crippen molar-refractivity contribution in [1.82, 2.24) is 5.32 Å². The Kier molecular flexibility index (Phi) is 4.54. The van der Waals surface area contributed by atoms with Crippen LogP contribution in [0.3, 0.4) is 0 Å². The number of hydrogen-bond donors (Lipinski definition) is 1. The van der Waals surface area contributed by atoms with Crippen LogP contribution < -0.4 is 5.32 Å². The number of ether oxygens (including phenoxy) is 1. The van der Waals surface area contributed by atoms with E-state index in [0.29, 0.717) is 25.2 Å². The third kappa shape index (κ3) is 3.69. The molecule has 1 aliphatic rings. The van der Waals surface area contributed by atoms with Crippen LogP contribution >= 0.6 is 22.3 Å². The maximum absolute atomic E-state index is 12.3. The van der Waals surface area contributed by atoms with E-state index in [-0.39, 0.29) is 21.4 Å². The van der Waals surface area contributed by atoms with Crippen molar-refractivity contribution in [1.29, 1.82) is 0 Å². The summed E-state index contributed by atoms with van der Waals surface area (Å²) in [5, 5.41) is 2.88. The highest BCUT2D eigenvalue weighted by Gasteiger charge is 2.32. The highest BCUT2D eigenvalue weighted by atomic mass is 35.7. The second-order valence-electron chi connectivity index (χ2n) is 5.36. The summed E-state index contributed by atoms with van der Waals surface area (Å²) in [6.45, 7) is 4.49. The lowest BCUT2D eigenvalue weighted by Gasteiger charge is -2.23. The van der Waals surface area contributed by atoms with Gasteiger partial charge in [0, 0.05) is 22.9 Å². The van der Waals surface area contributed by atoms with Crippen molar-refractivity contribution < 1.29 is 17.9 Å². The van der Waals surface area contributed by atoms with Crippen molar-refractivity contribution in [3.8, 4) is 0 Å². The Morgan fingerprint density at radius 1 is 1.43 bits per heavy atom. The van der Waals surface area contributed by atoms with E-state index in [0.717, 1.165) is 0 Å². The molecule has 1 N–H and O–H groups in total. The molecule has 1 aliphatic heterocycles. The maximum Gasteiger partial charge on any atom is 0.262 e. The van der Waals surface area contributed by atoms with Crippen LogP contribution in [0.4, 0.5) is 0 Å². The van der Waals surface area contributed by atoms with Gasteiger partial charge in [0.15, 0.2) is 0 Å². The smallest absolute Gasteiger partial charge is 0.262 e. The molecule has 116 valence electrons. The first-order valence-electron chi connectivity index (χ1n) is 6.27. The predicted octanol–water partition coefficient (Wildman–Crippen LogP) is 2.48. The number of carbonyl (C=O) groups is 1. The van der Waals surface area contributed by atoms with Gasteiger partial charge in [-0.05, 0) is 38.0 Å². The summed E-state index contributed by atoms with van der Waals surface area (Å²) in [5.41, 5.74) is 0.213. The zero-order chi connectivity index (χ0) is 15.8. The zero-order valence-electron chi connectivity index (χ0n) is 11.6. The van der Waals surface area contributed by atoms with Crippen molar-refractivity contribution in [3.05, 3.63) is 28.3 Å². The average Bonchev–Trinajstić information content (AvgIpc) is 2.77. The van der Waals surface area contributed by atoms with Crippen LogP contribution in [0.25, 0.3) is 0 Å². The molecule has 5 nitrogen and oxygen atoms in total. The molecule has 1 amide bonds. The first kappa shape index (κ1) is 16.5. The molecular weight excluding hydrogens is 337 g/mol. The molecule has 0 aliphatic carbocycles. The Labute approximate surface area is 133 Å². The molecule has 0 bridgehead atoms. The zero-order valence-corrected chi connectivity index (χ0v) is 13.9. The topological polar surface area (TPSA) is 72.5 Å². The van der Waals surface area contributed by atoms with E-state index >= 15 is 0 Å². The number of hydrogen-bond acceptors (Lipinski definition) is 4. The maximum atomic E-state index is 12.3. The Bertz CT molecular complexity index is 682. The molecule has 1 unspecified atom stereocenters. The van der Waals surface area contributed by atoms with Crippen LogP contribution in [0.1, 0.15) is 29.3 Å². The van der Waals surface area contributed by atoms with Crippen LogP contribution in [0.15, 0.2) is 17.0 Å². The van der Waals surface area contributed by atoms with Crippen LogP contribution in [-0.4, -0.2) is 33.1 Å². The van der Waals surface area contributed by atoms with Crippen LogP contribution in [0.5, 0.6) is 0 Å². The molecule has 0 spiro atoms. The monoisotopic (exact) mass is 351 g/mol. The van der Waals surface area contributed by atoms with Gasteiger partial charge in [-0.3, -0.25) is 4.79 Å². The Balaban J connectivity index is 2.36. The average molecular weight is 352 g/mol. The van der Waals surface area contributed by atoms with Gasteiger partial charge < -0.3 is 10.1 Å². The van der Waals surface area contributed by atoms with E-state index in [1.54, 1.807) is 6.92 Å². The molecule has 1 atom stereocenters. The van der Waals surface area contributed by atoms with E-state index in [9.17, 15) is 13.2 Å². The molecule has 2 rings (SSSR count). The molecular formula is C13H15Cl2NO4S. The summed E-state index contributed by atoms with van der Waals surface area (Å²) in [7, 11) is 1.33. The van der Waals surface area contributed by atoms with Gasteiger partial charge in [0.2, 0.25) is 0 Å². The van der Waals surface area contributed by atoms with E-state index in [4.69, 9.17) is 27.0 Å². The van der Waals surface area contributed by atoms with E-state index in [1.807, 2.05) is 6.92 Å².